The molecule has 1 aromatic heterocycles. The van der Waals surface area contributed by atoms with Crippen LogP contribution in [0.1, 0.15) is 10.5 Å². The number of hydrogen-bond acceptors (Lipinski definition) is 5. The molecule has 1 aliphatic heterocycles. The Morgan fingerprint density at radius 3 is 3.00 bits per heavy atom. The Labute approximate surface area is 118 Å². The maximum atomic E-state index is 11.8. The molecule has 0 radical (unpaired) electrons. The molecule has 0 saturated carbocycles. The fourth-order valence-electron chi connectivity index (χ4n) is 1.57. The third-order valence-electron chi connectivity index (χ3n) is 2.48. The summed E-state index contributed by atoms with van der Waals surface area (Å²) in [7, 11) is 0. The second kappa shape index (κ2) is 6.31. The zero-order chi connectivity index (χ0) is 13.0. The highest BCUT2D eigenvalue weighted by Gasteiger charge is 2.20. The predicted molar refractivity (Wildman–Crippen MR) is 75.4 cm³/mol. The molecule has 18 heavy (non-hydrogen) atoms. The van der Waals surface area contributed by atoms with Crippen LogP contribution in [0.25, 0.3) is 0 Å². The summed E-state index contributed by atoms with van der Waals surface area (Å²) in [5.41, 5.74) is 0.434. The highest BCUT2D eigenvalue weighted by atomic mass is 79.9. The van der Waals surface area contributed by atoms with Gasteiger partial charge in [0.15, 0.2) is 10.8 Å². The summed E-state index contributed by atoms with van der Waals surface area (Å²) in [6.45, 7) is 7.03. The van der Waals surface area contributed by atoms with E-state index in [1.54, 1.807) is 6.08 Å². The lowest BCUT2D eigenvalue weighted by molar-refractivity contribution is 0.0953. The maximum Gasteiger partial charge on any atom is 0.272 e. The molecule has 1 fully saturated rings. The van der Waals surface area contributed by atoms with Crippen LogP contribution in [-0.4, -0.2) is 43.7 Å². The summed E-state index contributed by atoms with van der Waals surface area (Å²) in [4.78, 5) is 18.3. The van der Waals surface area contributed by atoms with Crippen molar-refractivity contribution in [3.05, 3.63) is 22.1 Å². The van der Waals surface area contributed by atoms with Gasteiger partial charge >= 0.3 is 0 Å². The van der Waals surface area contributed by atoms with E-state index in [2.05, 4.69) is 37.7 Å². The van der Waals surface area contributed by atoms with Gasteiger partial charge in [-0.05, 0) is 15.9 Å². The number of morpholine rings is 1. The minimum Gasteiger partial charge on any atom is -0.378 e. The van der Waals surface area contributed by atoms with Crippen LogP contribution in [0.5, 0.6) is 0 Å². The molecule has 2 heterocycles. The molecular weight excluding hydrogens is 318 g/mol. The smallest absolute Gasteiger partial charge is 0.272 e. The van der Waals surface area contributed by atoms with E-state index in [4.69, 9.17) is 4.74 Å². The van der Waals surface area contributed by atoms with Gasteiger partial charge in [-0.2, -0.15) is 0 Å². The van der Waals surface area contributed by atoms with Gasteiger partial charge in [0.1, 0.15) is 3.79 Å². The number of carbonyl (C=O) groups excluding carboxylic acids is 1. The molecule has 1 saturated heterocycles. The van der Waals surface area contributed by atoms with Crippen molar-refractivity contribution >= 4 is 38.3 Å². The van der Waals surface area contributed by atoms with E-state index in [-0.39, 0.29) is 5.91 Å². The Balaban J connectivity index is 2.10. The van der Waals surface area contributed by atoms with Crippen LogP contribution in [-0.2, 0) is 4.74 Å². The van der Waals surface area contributed by atoms with E-state index in [9.17, 15) is 4.79 Å². The molecule has 7 heteroatoms. The summed E-state index contributed by atoms with van der Waals surface area (Å²) in [6, 6.07) is 0. The lowest BCUT2D eigenvalue weighted by Gasteiger charge is -2.25. The summed E-state index contributed by atoms with van der Waals surface area (Å²) in [5, 5.41) is 3.58. The van der Waals surface area contributed by atoms with Crippen molar-refractivity contribution in [2.45, 2.75) is 0 Å². The molecule has 0 unspecified atom stereocenters. The van der Waals surface area contributed by atoms with E-state index in [0.717, 1.165) is 22.0 Å². The Morgan fingerprint density at radius 2 is 2.33 bits per heavy atom. The lowest BCUT2D eigenvalue weighted by Crippen LogP contribution is -2.36. The first-order chi connectivity index (χ1) is 8.72. The third-order valence-corrected chi connectivity index (χ3v) is 4.24. The van der Waals surface area contributed by atoms with Gasteiger partial charge in [0.05, 0.1) is 13.2 Å². The third kappa shape index (κ3) is 3.09. The summed E-state index contributed by atoms with van der Waals surface area (Å²) in [5.74, 6) is -0.183. The molecule has 0 aromatic carbocycles. The highest BCUT2D eigenvalue weighted by Crippen LogP contribution is 2.31. The molecule has 0 aliphatic carbocycles. The molecule has 1 aromatic rings. The van der Waals surface area contributed by atoms with Crippen LogP contribution in [0.15, 0.2) is 16.4 Å². The van der Waals surface area contributed by atoms with E-state index < -0.39 is 0 Å². The largest absolute Gasteiger partial charge is 0.378 e. The first-order valence-electron chi connectivity index (χ1n) is 5.60. The number of aromatic nitrogens is 1. The molecule has 1 aliphatic rings. The molecule has 1 amide bonds. The first kappa shape index (κ1) is 13.5. The monoisotopic (exact) mass is 331 g/mol. The minimum absolute atomic E-state index is 0.183. The normalized spacial score (nSPS) is 15.5. The van der Waals surface area contributed by atoms with E-state index in [1.165, 1.54) is 11.3 Å². The average Bonchev–Trinajstić information content (AvgIpc) is 2.79. The van der Waals surface area contributed by atoms with Gasteiger partial charge in [-0.1, -0.05) is 17.4 Å². The van der Waals surface area contributed by atoms with Crippen molar-refractivity contribution in [1.29, 1.82) is 0 Å². The zero-order valence-corrected chi connectivity index (χ0v) is 12.2. The van der Waals surface area contributed by atoms with Gasteiger partial charge in [0.2, 0.25) is 0 Å². The van der Waals surface area contributed by atoms with Crippen LogP contribution in [0.3, 0.4) is 0 Å². The van der Waals surface area contributed by atoms with Gasteiger partial charge in [-0.15, -0.1) is 6.58 Å². The van der Waals surface area contributed by atoms with Crippen molar-refractivity contribution in [2.24, 2.45) is 0 Å². The number of hydrogen-bond donors (Lipinski definition) is 1. The number of anilines is 1. The Kier molecular flexibility index (Phi) is 4.73. The Morgan fingerprint density at radius 1 is 1.61 bits per heavy atom. The topological polar surface area (TPSA) is 54.5 Å². The molecule has 2 rings (SSSR count). The van der Waals surface area contributed by atoms with Crippen LogP contribution in [0, 0.1) is 0 Å². The van der Waals surface area contributed by atoms with Crippen molar-refractivity contribution in [3.8, 4) is 0 Å². The fourth-order valence-corrected chi connectivity index (χ4v) is 3.12. The number of amides is 1. The molecule has 5 nitrogen and oxygen atoms in total. The Hall–Kier alpha value is -0.920. The van der Waals surface area contributed by atoms with Gasteiger partial charge < -0.3 is 15.0 Å². The molecule has 0 atom stereocenters. The zero-order valence-electron chi connectivity index (χ0n) is 9.82. The number of nitrogens with zero attached hydrogens (tertiary/aromatic N) is 2. The van der Waals surface area contributed by atoms with Gasteiger partial charge in [-0.25, -0.2) is 4.98 Å². The second-order valence-corrected chi connectivity index (χ2v) is 6.01. The predicted octanol–water partition coefficient (Wildman–Crippen LogP) is 1.66. The fraction of sp³-hybridized carbons (Fsp3) is 0.455. The molecule has 0 spiro atoms. The van der Waals surface area contributed by atoms with Crippen molar-refractivity contribution < 1.29 is 9.53 Å². The van der Waals surface area contributed by atoms with Gasteiger partial charge in [0.25, 0.3) is 5.91 Å². The van der Waals surface area contributed by atoms with E-state index in [1.807, 2.05) is 0 Å². The van der Waals surface area contributed by atoms with Crippen molar-refractivity contribution in [2.75, 3.05) is 37.7 Å². The number of nitrogens with one attached hydrogen (secondary N) is 1. The van der Waals surface area contributed by atoms with E-state index >= 15 is 0 Å². The summed E-state index contributed by atoms with van der Waals surface area (Å²) >= 11 is 4.86. The number of thiazole rings is 1. The van der Waals surface area contributed by atoms with Crippen LogP contribution in [0.4, 0.5) is 5.13 Å². The second-order valence-electron chi connectivity index (χ2n) is 3.72. The van der Waals surface area contributed by atoms with Gasteiger partial charge in [-0.3, -0.25) is 4.79 Å². The lowest BCUT2D eigenvalue weighted by atomic mass is 10.4. The maximum absolute atomic E-state index is 11.8. The Bertz CT molecular complexity index is 443. The summed E-state index contributed by atoms with van der Waals surface area (Å²) in [6.07, 6.45) is 1.64. The van der Waals surface area contributed by atoms with Crippen LogP contribution in [0.2, 0.25) is 0 Å². The molecule has 98 valence electrons. The summed E-state index contributed by atoms with van der Waals surface area (Å²) < 4.78 is 6.05. The number of halogens is 1. The molecular formula is C11H14BrN3O2S. The standard InChI is InChI=1S/C11H14BrN3O2S/c1-2-3-13-10(16)8-9(12)18-11(14-8)15-4-6-17-7-5-15/h2H,1,3-7H2,(H,13,16). The van der Waals surface area contributed by atoms with Crippen molar-refractivity contribution in [1.82, 2.24) is 10.3 Å². The number of carbonyl (C=O) groups is 1. The van der Waals surface area contributed by atoms with Gasteiger partial charge in [0, 0.05) is 19.6 Å². The number of ether oxygens (including phenoxy) is 1. The van der Waals surface area contributed by atoms with Crippen LogP contribution < -0.4 is 10.2 Å². The quantitative estimate of drug-likeness (QED) is 0.852. The molecule has 1 N–H and O–H groups in total. The average molecular weight is 332 g/mol. The molecule has 0 bridgehead atoms. The van der Waals surface area contributed by atoms with E-state index in [0.29, 0.717) is 25.5 Å². The van der Waals surface area contributed by atoms with Crippen molar-refractivity contribution in [3.63, 3.8) is 0 Å². The highest BCUT2D eigenvalue weighted by molar-refractivity contribution is 9.11. The minimum atomic E-state index is -0.183. The first-order valence-corrected chi connectivity index (χ1v) is 7.21. The SMILES string of the molecule is C=CCNC(=O)c1nc(N2CCOCC2)sc1Br. The number of rotatable bonds is 4. The van der Waals surface area contributed by atoms with Crippen LogP contribution >= 0.6 is 27.3 Å².